The first-order valence-electron chi connectivity index (χ1n) is 4.81. The predicted octanol–water partition coefficient (Wildman–Crippen LogP) is 1.65. The molecule has 0 heterocycles. The molecule has 0 saturated carbocycles. The smallest absolute Gasteiger partial charge is 0.120 e. The van der Waals surface area contributed by atoms with Crippen molar-refractivity contribution in [3.05, 3.63) is 29.3 Å². The number of ether oxygens (including phenoxy) is 1. The van der Waals surface area contributed by atoms with Gasteiger partial charge in [0.15, 0.2) is 0 Å². The Morgan fingerprint density at radius 1 is 1.43 bits per heavy atom. The highest BCUT2D eigenvalue weighted by molar-refractivity contribution is 5.35. The first kappa shape index (κ1) is 11.0. The molecule has 3 heteroatoms. The molecule has 3 nitrogen and oxygen atoms in total. The van der Waals surface area contributed by atoms with Gasteiger partial charge in [-0.05, 0) is 31.7 Å². The third-order valence-corrected chi connectivity index (χ3v) is 1.98. The van der Waals surface area contributed by atoms with E-state index in [0.29, 0.717) is 25.5 Å². The Morgan fingerprint density at radius 3 is 2.86 bits per heavy atom. The minimum Gasteiger partial charge on any atom is -0.508 e. The Morgan fingerprint density at radius 2 is 2.21 bits per heavy atom. The second-order valence-electron chi connectivity index (χ2n) is 3.13. The SMILES string of the molecule is CCOCc1ccc(O)c(CNC)c1. The minimum absolute atomic E-state index is 0.333. The summed E-state index contributed by atoms with van der Waals surface area (Å²) in [5.74, 6) is 0.333. The molecular weight excluding hydrogens is 178 g/mol. The van der Waals surface area contributed by atoms with Gasteiger partial charge in [0.25, 0.3) is 0 Å². The molecule has 14 heavy (non-hydrogen) atoms. The van der Waals surface area contributed by atoms with E-state index in [9.17, 15) is 5.11 Å². The quantitative estimate of drug-likeness (QED) is 0.750. The first-order valence-corrected chi connectivity index (χ1v) is 4.81. The second kappa shape index (κ2) is 5.62. The number of hydrogen-bond acceptors (Lipinski definition) is 3. The molecule has 0 aliphatic carbocycles. The Hall–Kier alpha value is -1.06. The van der Waals surface area contributed by atoms with E-state index in [-0.39, 0.29) is 0 Å². The van der Waals surface area contributed by atoms with Crippen molar-refractivity contribution in [1.29, 1.82) is 0 Å². The molecule has 78 valence electrons. The highest BCUT2D eigenvalue weighted by Gasteiger charge is 2.01. The maximum atomic E-state index is 9.51. The third-order valence-electron chi connectivity index (χ3n) is 1.98. The van der Waals surface area contributed by atoms with Crippen molar-refractivity contribution in [3.63, 3.8) is 0 Å². The molecule has 0 radical (unpaired) electrons. The van der Waals surface area contributed by atoms with Gasteiger partial charge in [0.05, 0.1) is 6.61 Å². The largest absolute Gasteiger partial charge is 0.508 e. The van der Waals surface area contributed by atoms with Crippen molar-refractivity contribution < 1.29 is 9.84 Å². The van der Waals surface area contributed by atoms with E-state index in [1.807, 2.05) is 26.1 Å². The van der Waals surface area contributed by atoms with Crippen LogP contribution in [-0.2, 0) is 17.9 Å². The van der Waals surface area contributed by atoms with Crippen molar-refractivity contribution in [2.24, 2.45) is 0 Å². The van der Waals surface area contributed by atoms with Crippen LogP contribution in [0, 0.1) is 0 Å². The lowest BCUT2D eigenvalue weighted by molar-refractivity contribution is 0.134. The molecule has 1 aromatic rings. The molecule has 0 fully saturated rings. The van der Waals surface area contributed by atoms with Crippen molar-refractivity contribution in [2.45, 2.75) is 20.1 Å². The van der Waals surface area contributed by atoms with Gasteiger partial charge in [-0.15, -0.1) is 0 Å². The minimum atomic E-state index is 0.333. The van der Waals surface area contributed by atoms with E-state index in [1.165, 1.54) is 0 Å². The van der Waals surface area contributed by atoms with Crippen LogP contribution in [0.1, 0.15) is 18.1 Å². The van der Waals surface area contributed by atoms with E-state index in [2.05, 4.69) is 5.32 Å². The van der Waals surface area contributed by atoms with Crippen LogP contribution < -0.4 is 5.32 Å². The van der Waals surface area contributed by atoms with Gasteiger partial charge in [-0.2, -0.15) is 0 Å². The van der Waals surface area contributed by atoms with Crippen molar-refractivity contribution in [2.75, 3.05) is 13.7 Å². The van der Waals surface area contributed by atoms with Gasteiger partial charge in [0.1, 0.15) is 5.75 Å². The maximum absolute atomic E-state index is 9.51. The van der Waals surface area contributed by atoms with Crippen molar-refractivity contribution in [3.8, 4) is 5.75 Å². The fraction of sp³-hybridized carbons (Fsp3) is 0.455. The zero-order valence-electron chi connectivity index (χ0n) is 8.71. The molecule has 0 unspecified atom stereocenters. The summed E-state index contributed by atoms with van der Waals surface area (Å²) in [6.07, 6.45) is 0. The Kier molecular flexibility index (Phi) is 4.43. The first-order chi connectivity index (χ1) is 6.77. The summed E-state index contributed by atoms with van der Waals surface area (Å²) < 4.78 is 5.29. The van der Waals surface area contributed by atoms with Crippen LogP contribution in [0.2, 0.25) is 0 Å². The average Bonchev–Trinajstić information content (AvgIpc) is 2.19. The van der Waals surface area contributed by atoms with Crippen LogP contribution in [0.3, 0.4) is 0 Å². The zero-order chi connectivity index (χ0) is 10.4. The number of benzene rings is 1. The number of aromatic hydroxyl groups is 1. The van der Waals surface area contributed by atoms with Gasteiger partial charge in [0, 0.05) is 18.7 Å². The van der Waals surface area contributed by atoms with Gasteiger partial charge < -0.3 is 15.2 Å². The van der Waals surface area contributed by atoms with E-state index in [4.69, 9.17) is 4.74 Å². The van der Waals surface area contributed by atoms with Gasteiger partial charge in [-0.3, -0.25) is 0 Å². The Bertz CT molecular complexity index is 287. The molecule has 0 spiro atoms. The summed E-state index contributed by atoms with van der Waals surface area (Å²) in [5, 5.41) is 12.5. The lowest BCUT2D eigenvalue weighted by Gasteiger charge is -2.07. The summed E-state index contributed by atoms with van der Waals surface area (Å²) in [5.41, 5.74) is 2.00. The number of nitrogens with one attached hydrogen (secondary N) is 1. The lowest BCUT2D eigenvalue weighted by atomic mass is 10.1. The Labute approximate surface area is 84.7 Å². The molecule has 1 rings (SSSR count). The van der Waals surface area contributed by atoms with E-state index in [0.717, 1.165) is 11.1 Å². The molecule has 0 amide bonds. The van der Waals surface area contributed by atoms with Gasteiger partial charge in [0.2, 0.25) is 0 Å². The van der Waals surface area contributed by atoms with Gasteiger partial charge in [-0.25, -0.2) is 0 Å². The third kappa shape index (κ3) is 3.01. The molecule has 0 aliphatic rings. The maximum Gasteiger partial charge on any atom is 0.120 e. The van der Waals surface area contributed by atoms with E-state index in [1.54, 1.807) is 6.07 Å². The summed E-state index contributed by atoms with van der Waals surface area (Å²) in [7, 11) is 1.86. The molecular formula is C11H17NO2. The second-order valence-corrected chi connectivity index (χ2v) is 3.13. The molecule has 0 bridgehead atoms. The molecule has 0 saturated heterocycles. The summed E-state index contributed by atoms with van der Waals surface area (Å²) in [6, 6.07) is 5.55. The number of phenols is 1. The van der Waals surface area contributed by atoms with Crippen LogP contribution in [0.15, 0.2) is 18.2 Å². The van der Waals surface area contributed by atoms with Gasteiger partial charge >= 0.3 is 0 Å². The van der Waals surface area contributed by atoms with E-state index >= 15 is 0 Å². The number of phenolic OH excluding ortho intramolecular Hbond substituents is 1. The highest BCUT2D eigenvalue weighted by Crippen LogP contribution is 2.18. The standard InChI is InChI=1S/C11H17NO2/c1-3-14-8-9-4-5-11(13)10(6-9)7-12-2/h4-6,12-13H,3,7-8H2,1-2H3. The average molecular weight is 195 g/mol. The fourth-order valence-corrected chi connectivity index (χ4v) is 1.28. The van der Waals surface area contributed by atoms with E-state index < -0.39 is 0 Å². The van der Waals surface area contributed by atoms with Crippen molar-refractivity contribution in [1.82, 2.24) is 5.32 Å². The van der Waals surface area contributed by atoms with Gasteiger partial charge in [-0.1, -0.05) is 6.07 Å². The molecule has 0 aromatic heterocycles. The summed E-state index contributed by atoms with van der Waals surface area (Å²) >= 11 is 0. The van der Waals surface area contributed by atoms with Crippen LogP contribution in [0.4, 0.5) is 0 Å². The van der Waals surface area contributed by atoms with Crippen LogP contribution in [0.5, 0.6) is 5.75 Å². The summed E-state index contributed by atoms with van der Waals surface area (Å²) in [6.45, 7) is 3.95. The fourth-order valence-electron chi connectivity index (χ4n) is 1.28. The monoisotopic (exact) mass is 195 g/mol. The van der Waals surface area contributed by atoms with Crippen molar-refractivity contribution >= 4 is 0 Å². The summed E-state index contributed by atoms with van der Waals surface area (Å²) in [4.78, 5) is 0. The number of hydrogen-bond donors (Lipinski definition) is 2. The molecule has 2 N–H and O–H groups in total. The normalized spacial score (nSPS) is 10.4. The molecule has 1 aromatic carbocycles. The molecule has 0 aliphatic heterocycles. The highest BCUT2D eigenvalue weighted by atomic mass is 16.5. The predicted molar refractivity (Wildman–Crippen MR) is 56.2 cm³/mol. The molecule has 0 atom stereocenters. The lowest BCUT2D eigenvalue weighted by Crippen LogP contribution is -2.05. The Balaban J connectivity index is 2.72. The van der Waals surface area contributed by atoms with Crippen LogP contribution in [0.25, 0.3) is 0 Å². The van der Waals surface area contributed by atoms with Crippen LogP contribution >= 0.6 is 0 Å². The number of rotatable bonds is 5. The van der Waals surface area contributed by atoms with Crippen LogP contribution in [-0.4, -0.2) is 18.8 Å². The zero-order valence-corrected chi connectivity index (χ0v) is 8.71. The topological polar surface area (TPSA) is 41.5 Å².